The molecule has 1 amide bonds. The number of hydrogen-bond acceptors (Lipinski definition) is 4. The van der Waals surface area contributed by atoms with Crippen molar-refractivity contribution in [3.05, 3.63) is 62.6 Å². The number of pyridine rings is 1. The van der Waals surface area contributed by atoms with Crippen LogP contribution in [0.15, 0.2) is 41.0 Å². The summed E-state index contributed by atoms with van der Waals surface area (Å²) in [6, 6.07) is 6.43. The number of carbonyl (C=O) groups excluding carboxylic acids is 1. The van der Waals surface area contributed by atoms with Crippen molar-refractivity contribution in [1.29, 1.82) is 0 Å². The van der Waals surface area contributed by atoms with Gasteiger partial charge in [-0.1, -0.05) is 0 Å². The third-order valence-electron chi connectivity index (χ3n) is 2.39. The number of nitrogens with zero attached hydrogens (tertiary/aromatic N) is 2. The van der Waals surface area contributed by atoms with E-state index in [0.29, 0.717) is 5.69 Å². The van der Waals surface area contributed by atoms with Gasteiger partial charge in [0.05, 0.1) is 21.3 Å². The van der Waals surface area contributed by atoms with Crippen LogP contribution in [0.3, 0.4) is 0 Å². The fraction of sp³-hybridized carbons (Fsp3) is 0. The average Bonchev–Trinajstić information content (AvgIpc) is 2.41. The SMILES string of the molecule is O=C(Nc1ccc(F)nc1)c1ccc(Br)c([N+](=O)[O-])c1. The zero-order valence-corrected chi connectivity index (χ0v) is 11.4. The summed E-state index contributed by atoms with van der Waals surface area (Å²) in [5.41, 5.74) is 0.195. The zero-order valence-electron chi connectivity index (χ0n) is 9.84. The van der Waals surface area contributed by atoms with Crippen LogP contribution in [0.1, 0.15) is 10.4 Å². The van der Waals surface area contributed by atoms with E-state index < -0.39 is 16.8 Å². The molecular formula is C12H7BrFN3O3. The molecule has 0 unspecified atom stereocenters. The summed E-state index contributed by atoms with van der Waals surface area (Å²) in [6.45, 7) is 0. The highest BCUT2D eigenvalue weighted by atomic mass is 79.9. The van der Waals surface area contributed by atoms with E-state index in [-0.39, 0.29) is 15.7 Å². The summed E-state index contributed by atoms with van der Waals surface area (Å²) < 4.78 is 12.9. The fourth-order valence-corrected chi connectivity index (χ4v) is 1.84. The fourth-order valence-electron chi connectivity index (χ4n) is 1.45. The normalized spacial score (nSPS) is 10.1. The molecule has 0 saturated heterocycles. The summed E-state index contributed by atoms with van der Waals surface area (Å²) in [4.78, 5) is 25.5. The number of carbonyl (C=O) groups is 1. The van der Waals surface area contributed by atoms with Crippen LogP contribution in [0.2, 0.25) is 0 Å². The Morgan fingerprint density at radius 1 is 1.35 bits per heavy atom. The monoisotopic (exact) mass is 339 g/mol. The van der Waals surface area contributed by atoms with Crippen LogP contribution < -0.4 is 5.32 Å². The first-order valence-electron chi connectivity index (χ1n) is 5.34. The van der Waals surface area contributed by atoms with Gasteiger partial charge in [0.25, 0.3) is 11.6 Å². The summed E-state index contributed by atoms with van der Waals surface area (Å²) in [5, 5.41) is 13.2. The third kappa shape index (κ3) is 3.15. The van der Waals surface area contributed by atoms with Crippen LogP contribution in [0.4, 0.5) is 15.8 Å². The molecule has 0 bridgehead atoms. The Kier molecular flexibility index (Phi) is 4.04. The van der Waals surface area contributed by atoms with Crippen LogP contribution in [0.25, 0.3) is 0 Å². The first kappa shape index (κ1) is 14.1. The molecule has 6 nitrogen and oxygen atoms in total. The minimum absolute atomic E-state index is 0.115. The van der Waals surface area contributed by atoms with Gasteiger partial charge in [0, 0.05) is 11.6 Å². The number of amides is 1. The van der Waals surface area contributed by atoms with Crippen LogP contribution in [-0.2, 0) is 0 Å². The Morgan fingerprint density at radius 2 is 2.10 bits per heavy atom. The van der Waals surface area contributed by atoms with Crippen molar-refractivity contribution in [3.8, 4) is 0 Å². The van der Waals surface area contributed by atoms with E-state index in [0.717, 1.165) is 18.3 Å². The van der Waals surface area contributed by atoms with Gasteiger partial charge in [-0.3, -0.25) is 14.9 Å². The molecule has 0 fully saturated rings. The van der Waals surface area contributed by atoms with Gasteiger partial charge in [0.2, 0.25) is 5.95 Å². The molecule has 2 rings (SSSR count). The van der Waals surface area contributed by atoms with E-state index >= 15 is 0 Å². The lowest BCUT2D eigenvalue weighted by Gasteiger charge is -2.05. The molecule has 0 aliphatic rings. The highest BCUT2D eigenvalue weighted by molar-refractivity contribution is 9.10. The number of nitro groups is 1. The lowest BCUT2D eigenvalue weighted by molar-refractivity contribution is -0.385. The van der Waals surface area contributed by atoms with E-state index in [2.05, 4.69) is 26.2 Å². The first-order valence-corrected chi connectivity index (χ1v) is 6.13. The number of aromatic nitrogens is 1. The Hall–Kier alpha value is -2.35. The van der Waals surface area contributed by atoms with Gasteiger partial charge in [-0.05, 0) is 40.2 Å². The van der Waals surface area contributed by atoms with Gasteiger partial charge in [0.1, 0.15) is 0 Å². The molecule has 0 aliphatic carbocycles. The number of anilines is 1. The number of nitro benzene ring substituents is 1. The Bertz CT molecular complexity index is 676. The minimum Gasteiger partial charge on any atom is -0.321 e. The van der Waals surface area contributed by atoms with E-state index in [4.69, 9.17) is 0 Å². The summed E-state index contributed by atoms with van der Waals surface area (Å²) in [7, 11) is 0. The minimum atomic E-state index is -0.665. The van der Waals surface area contributed by atoms with Crippen molar-refractivity contribution < 1.29 is 14.1 Å². The second kappa shape index (κ2) is 5.74. The molecule has 0 atom stereocenters. The van der Waals surface area contributed by atoms with Gasteiger partial charge in [-0.25, -0.2) is 4.98 Å². The van der Waals surface area contributed by atoms with Crippen molar-refractivity contribution in [2.45, 2.75) is 0 Å². The zero-order chi connectivity index (χ0) is 14.7. The quantitative estimate of drug-likeness (QED) is 0.528. The molecule has 0 aliphatic heterocycles. The maximum Gasteiger partial charge on any atom is 0.284 e. The molecule has 8 heteroatoms. The van der Waals surface area contributed by atoms with Gasteiger partial charge in [-0.2, -0.15) is 4.39 Å². The van der Waals surface area contributed by atoms with Gasteiger partial charge in [0.15, 0.2) is 0 Å². The van der Waals surface area contributed by atoms with Crippen LogP contribution in [-0.4, -0.2) is 15.8 Å². The maximum atomic E-state index is 12.6. The number of hydrogen-bond donors (Lipinski definition) is 1. The standard InChI is InChI=1S/C12H7BrFN3O3/c13-9-3-1-7(5-10(9)17(19)20)12(18)16-8-2-4-11(14)15-6-8/h1-6H,(H,16,18). The maximum absolute atomic E-state index is 12.6. The number of halogens is 2. The van der Waals surface area contributed by atoms with E-state index in [1.165, 1.54) is 18.2 Å². The van der Waals surface area contributed by atoms with Gasteiger partial charge < -0.3 is 5.32 Å². The Balaban J connectivity index is 2.23. The summed E-state index contributed by atoms with van der Waals surface area (Å²) in [6.07, 6.45) is 1.15. The molecule has 1 heterocycles. The second-order valence-corrected chi connectivity index (χ2v) is 4.60. The molecule has 1 aromatic heterocycles. The molecular weight excluding hydrogens is 333 g/mol. The number of benzene rings is 1. The Labute approximate surface area is 120 Å². The van der Waals surface area contributed by atoms with Gasteiger partial charge in [-0.15, -0.1) is 0 Å². The number of rotatable bonds is 3. The molecule has 1 aromatic carbocycles. The van der Waals surface area contributed by atoms with Crippen LogP contribution in [0.5, 0.6) is 0 Å². The van der Waals surface area contributed by atoms with Crippen molar-refractivity contribution in [1.82, 2.24) is 4.98 Å². The second-order valence-electron chi connectivity index (χ2n) is 3.75. The molecule has 0 saturated carbocycles. The molecule has 2 aromatic rings. The highest BCUT2D eigenvalue weighted by Gasteiger charge is 2.16. The van der Waals surface area contributed by atoms with E-state index in [1.807, 2.05) is 0 Å². The van der Waals surface area contributed by atoms with Crippen LogP contribution in [0, 0.1) is 16.1 Å². The highest BCUT2D eigenvalue weighted by Crippen LogP contribution is 2.25. The first-order chi connectivity index (χ1) is 9.47. The topological polar surface area (TPSA) is 85.1 Å². The smallest absolute Gasteiger partial charge is 0.284 e. The predicted octanol–water partition coefficient (Wildman–Crippen LogP) is 3.14. The lowest BCUT2D eigenvalue weighted by atomic mass is 10.2. The molecule has 20 heavy (non-hydrogen) atoms. The van der Waals surface area contributed by atoms with Gasteiger partial charge >= 0.3 is 0 Å². The van der Waals surface area contributed by atoms with Crippen molar-refractivity contribution in [3.63, 3.8) is 0 Å². The van der Waals surface area contributed by atoms with E-state index in [1.54, 1.807) is 0 Å². The third-order valence-corrected chi connectivity index (χ3v) is 3.06. The van der Waals surface area contributed by atoms with Crippen molar-refractivity contribution in [2.24, 2.45) is 0 Å². The molecule has 102 valence electrons. The molecule has 0 spiro atoms. The van der Waals surface area contributed by atoms with E-state index in [9.17, 15) is 19.3 Å². The predicted molar refractivity (Wildman–Crippen MR) is 72.9 cm³/mol. The molecule has 0 radical (unpaired) electrons. The molecule has 1 N–H and O–H groups in total. The Morgan fingerprint density at radius 3 is 2.70 bits per heavy atom. The average molecular weight is 340 g/mol. The largest absolute Gasteiger partial charge is 0.321 e. The summed E-state index contributed by atoms with van der Waals surface area (Å²) >= 11 is 3.03. The van der Waals surface area contributed by atoms with Crippen LogP contribution >= 0.6 is 15.9 Å². The lowest BCUT2D eigenvalue weighted by Crippen LogP contribution is -2.12. The van der Waals surface area contributed by atoms with Crippen molar-refractivity contribution >= 4 is 33.2 Å². The van der Waals surface area contributed by atoms with Crippen molar-refractivity contribution in [2.75, 3.05) is 5.32 Å². The summed E-state index contributed by atoms with van der Waals surface area (Å²) in [5.74, 6) is -1.21. The number of nitrogens with one attached hydrogen (secondary N) is 1.